The zero-order valence-corrected chi connectivity index (χ0v) is 31.6. The number of carbonyl (C=O) groups is 1. The molecule has 0 saturated heterocycles. The summed E-state index contributed by atoms with van der Waals surface area (Å²) in [5.74, 6) is -1.30. The quantitative estimate of drug-likeness (QED) is 0.0637. The normalized spacial score (nSPS) is 12.6. The van der Waals surface area contributed by atoms with Crippen LogP contribution in [0.15, 0.2) is 170 Å². The zero-order chi connectivity index (χ0) is 41.4. The lowest BCUT2D eigenvalue weighted by atomic mass is 9.76. The maximum Gasteiger partial charge on any atom is 0.429 e. The standard InChI is InChI=1S/C47H38F4N4O4/c1-57-44(56)41(55-46(35-13-5-2-6-14-35,36-15-7-3-8-16-36)37-17-9-4-10-18-37)30-58-39-26-24-32(25-27-39)40-29-42(54-45(52)53-40)59-43(47(49,50)51)33-22-20-31(21-23-33)34-12-11-19-38(48)28-34/h2-29,41,43,55H,30H2,1H3,(H2,52,53,54)/t41-,43?/m0/s1. The molecule has 298 valence electrons. The van der Waals surface area contributed by atoms with Gasteiger partial charge in [-0.25, -0.2) is 9.37 Å². The highest BCUT2D eigenvalue weighted by molar-refractivity contribution is 5.76. The van der Waals surface area contributed by atoms with Crippen LogP contribution in [-0.4, -0.2) is 41.9 Å². The summed E-state index contributed by atoms with van der Waals surface area (Å²) in [6.45, 7) is -0.124. The van der Waals surface area contributed by atoms with E-state index in [1.54, 1.807) is 30.3 Å². The number of halogens is 4. The van der Waals surface area contributed by atoms with Crippen LogP contribution in [0, 0.1) is 5.82 Å². The molecule has 0 fully saturated rings. The van der Waals surface area contributed by atoms with Crippen molar-refractivity contribution in [2.45, 2.75) is 23.9 Å². The average molecular weight is 799 g/mol. The molecule has 12 heteroatoms. The molecule has 6 aromatic carbocycles. The summed E-state index contributed by atoms with van der Waals surface area (Å²) in [6, 6.07) is 47.5. The molecule has 0 amide bonds. The van der Waals surface area contributed by atoms with E-state index >= 15 is 0 Å². The number of rotatable bonds is 14. The molecule has 7 aromatic rings. The Bertz CT molecular complexity index is 2380. The van der Waals surface area contributed by atoms with Crippen LogP contribution in [-0.2, 0) is 15.1 Å². The van der Waals surface area contributed by atoms with E-state index in [1.165, 1.54) is 55.6 Å². The summed E-state index contributed by atoms with van der Waals surface area (Å²) >= 11 is 0. The number of anilines is 1. The van der Waals surface area contributed by atoms with Crippen molar-refractivity contribution in [1.29, 1.82) is 0 Å². The summed E-state index contributed by atoms with van der Waals surface area (Å²) in [7, 11) is 1.31. The Morgan fingerprint density at radius 2 is 1.24 bits per heavy atom. The van der Waals surface area contributed by atoms with Gasteiger partial charge in [0.15, 0.2) is 0 Å². The topological polar surface area (TPSA) is 109 Å². The Hall–Kier alpha value is -7.05. The first-order valence-corrected chi connectivity index (χ1v) is 18.5. The maximum atomic E-state index is 14.4. The first kappa shape index (κ1) is 40.2. The molecule has 1 unspecified atom stereocenters. The number of methoxy groups -OCH3 is 1. The second-order valence-corrected chi connectivity index (χ2v) is 13.5. The van der Waals surface area contributed by atoms with Crippen molar-refractivity contribution < 1.29 is 36.6 Å². The number of esters is 1. The number of nitrogens with one attached hydrogen (secondary N) is 1. The number of benzene rings is 6. The molecule has 1 aromatic heterocycles. The van der Waals surface area contributed by atoms with Crippen LogP contribution in [0.3, 0.4) is 0 Å². The molecule has 59 heavy (non-hydrogen) atoms. The second-order valence-electron chi connectivity index (χ2n) is 13.5. The van der Waals surface area contributed by atoms with E-state index in [-0.39, 0.29) is 23.8 Å². The largest absolute Gasteiger partial charge is 0.491 e. The molecule has 8 nitrogen and oxygen atoms in total. The fraction of sp³-hybridized carbons (Fsp3) is 0.128. The molecule has 2 atom stereocenters. The molecule has 0 bridgehead atoms. The van der Waals surface area contributed by atoms with Gasteiger partial charge in [0, 0.05) is 17.2 Å². The lowest BCUT2D eigenvalue weighted by Crippen LogP contribution is -2.55. The van der Waals surface area contributed by atoms with Gasteiger partial charge in [0.05, 0.1) is 18.3 Å². The van der Waals surface area contributed by atoms with Crippen molar-refractivity contribution in [1.82, 2.24) is 15.3 Å². The third-order valence-electron chi connectivity index (χ3n) is 9.69. The summed E-state index contributed by atoms with van der Waals surface area (Å²) in [4.78, 5) is 21.6. The summed E-state index contributed by atoms with van der Waals surface area (Å²) in [5, 5.41) is 3.60. The number of alkyl halides is 3. The highest BCUT2D eigenvalue weighted by Gasteiger charge is 2.44. The van der Waals surface area contributed by atoms with Crippen molar-refractivity contribution in [2.24, 2.45) is 0 Å². The number of hydrogen-bond donors (Lipinski definition) is 2. The minimum atomic E-state index is -4.82. The van der Waals surface area contributed by atoms with Crippen LogP contribution in [0.4, 0.5) is 23.5 Å². The Balaban J connectivity index is 1.11. The summed E-state index contributed by atoms with van der Waals surface area (Å²) < 4.78 is 73.8. The summed E-state index contributed by atoms with van der Waals surface area (Å²) in [5.41, 5.74) is 9.19. The molecule has 3 N–H and O–H groups in total. The minimum absolute atomic E-state index is 0.124. The van der Waals surface area contributed by atoms with Crippen molar-refractivity contribution in [3.05, 3.63) is 198 Å². The molecule has 0 radical (unpaired) electrons. The fourth-order valence-corrected chi connectivity index (χ4v) is 6.90. The molecule has 7 rings (SSSR count). The van der Waals surface area contributed by atoms with Gasteiger partial charge in [0.2, 0.25) is 17.9 Å². The van der Waals surface area contributed by atoms with Gasteiger partial charge in [-0.05, 0) is 64.2 Å². The number of nitrogen functional groups attached to an aromatic ring is 1. The fourth-order valence-electron chi connectivity index (χ4n) is 6.90. The lowest BCUT2D eigenvalue weighted by Gasteiger charge is -2.39. The van der Waals surface area contributed by atoms with Gasteiger partial charge in [0.25, 0.3) is 0 Å². The predicted molar refractivity (Wildman–Crippen MR) is 217 cm³/mol. The highest BCUT2D eigenvalue weighted by Crippen LogP contribution is 2.39. The Labute approximate surface area is 338 Å². The van der Waals surface area contributed by atoms with Crippen LogP contribution in [0.2, 0.25) is 0 Å². The van der Waals surface area contributed by atoms with E-state index in [0.717, 1.165) is 16.7 Å². The number of hydrogen-bond acceptors (Lipinski definition) is 8. The molecule has 0 aliphatic heterocycles. The Morgan fingerprint density at radius 1 is 0.678 bits per heavy atom. The van der Waals surface area contributed by atoms with Crippen molar-refractivity contribution in [2.75, 3.05) is 19.5 Å². The number of carbonyl (C=O) groups excluding carboxylic acids is 1. The third-order valence-corrected chi connectivity index (χ3v) is 9.69. The van der Waals surface area contributed by atoms with Crippen molar-refractivity contribution >= 4 is 11.9 Å². The number of aromatic nitrogens is 2. The van der Waals surface area contributed by atoms with Gasteiger partial charge in [-0.3, -0.25) is 10.1 Å². The average Bonchev–Trinajstić information content (AvgIpc) is 3.26. The van der Waals surface area contributed by atoms with Crippen LogP contribution in [0.1, 0.15) is 28.4 Å². The lowest BCUT2D eigenvalue weighted by molar-refractivity contribution is -0.198. The minimum Gasteiger partial charge on any atom is -0.491 e. The van der Waals surface area contributed by atoms with Gasteiger partial charge in [-0.1, -0.05) is 127 Å². The van der Waals surface area contributed by atoms with Gasteiger partial charge in [-0.15, -0.1) is 0 Å². The van der Waals surface area contributed by atoms with Gasteiger partial charge >= 0.3 is 12.1 Å². The van der Waals surface area contributed by atoms with Crippen LogP contribution < -0.4 is 20.5 Å². The molecule has 0 aliphatic rings. The van der Waals surface area contributed by atoms with E-state index in [2.05, 4.69) is 15.3 Å². The Kier molecular flexibility index (Phi) is 12.0. The maximum absolute atomic E-state index is 14.4. The highest BCUT2D eigenvalue weighted by atomic mass is 19.4. The first-order valence-electron chi connectivity index (χ1n) is 18.5. The van der Waals surface area contributed by atoms with E-state index < -0.39 is 41.5 Å². The van der Waals surface area contributed by atoms with Crippen LogP contribution in [0.25, 0.3) is 22.4 Å². The van der Waals surface area contributed by atoms with E-state index in [9.17, 15) is 22.4 Å². The van der Waals surface area contributed by atoms with Crippen molar-refractivity contribution in [3.63, 3.8) is 0 Å². The van der Waals surface area contributed by atoms with E-state index in [1.807, 2.05) is 91.0 Å². The molecule has 0 saturated carbocycles. The molecule has 1 heterocycles. The predicted octanol–water partition coefficient (Wildman–Crippen LogP) is 9.72. The number of ether oxygens (including phenoxy) is 3. The first-order chi connectivity index (χ1) is 28.5. The monoisotopic (exact) mass is 798 g/mol. The number of nitrogens with two attached hydrogens (primary N) is 1. The van der Waals surface area contributed by atoms with E-state index in [4.69, 9.17) is 19.9 Å². The SMILES string of the molecule is COC(=O)[C@H](COc1ccc(-c2cc(OC(c3ccc(-c4cccc(F)c4)cc3)C(F)(F)F)nc(N)n2)cc1)NC(c1ccccc1)(c1ccccc1)c1ccccc1. The molecular formula is C47H38F4N4O4. The second kappa shape index (κ2) is 17.6. The number of nitrogens with zero attached hydrogens (tertiary/aromatic N) is 2. The summed E-state index contributed by atoms with van der Waals surface area (Å²) in [6.07, 6.45) is -7.21. The van der Waals surface area contributed by atoms with Gasteiger partial charge in [0.1, 0.15) is 24.2 Å². The Morgan fingerprint density at radius 3 is 1.76 bits per heavy atom. The molecule has 0 spiro atoms. The van der Waals surface area contributed by atoms with Crippen molar-refractivity contribution in [3.8, 4) is 34.0 Å². The van der Waals surface area contributed by atoms with E-state index in [0.29, 0.717) is 22.4 Å². The third kappa shape index (κ3) is 9.24. The van der Waals surface area contributed by atoms with Gasteiger partial charge in [-0.2, -0.15) is 18.2 Å². The zero-order valence-electron chi connectivity index (χ0n) is 31.6. The molecular weight excluding hydrogens is 761 g/mol. The van der Waals surface area contributed by atoms with Crippen LogP contribution >= 0.6 is 0 Å². The smallest absolute Gasteiger partial charge is 0.429 e. The van der Waals surface area contributed by atoms with Crippen LogP contribution in [0.5, 0.6) is 11.6 Å². The molecule has 0 aliphatic carbocycles. The van der Waals surface area contributed by atoms with Gasteiger partial charge < -0.3 is 19.9 Å².